The minimum atomic E-state index is -0.290. The van der Waals surface area contributed by atoms with Gasteiger partial charge in [0, 0.05) is 18.0 Å². The number of nitrogens with one attached hydrogen (secondary N) is 1. The van der Waals surface area contributed by atoms with E-state index in [1.54, 1.807) is 13.1 Å². The van der Waals surface area contributed by atoms with Gasteiger partial charge in [0.15, 0.2) is 5.82 Å². The van der Waals surface area contributed by atoms with Crippen LogP contribution in [-0.4, -0.2) is 17.0 Å². The van der Waals surface area contributed by atoms with Gasteiger partial charge in [0.1, 0.15) is 11.6 Å². The minimum Gasteiger partial charge on any atom is -0.373 e. The molecule has 1 heterocycles. The average Bonchev–Trinajstić information content (AvgIpc) is 2.46. The highest BCUT2D eigenvalue weighted by Gasteiger charge is 2.11. The summed E-state index contributed by atoms with van der Waals surface area (Å²) in [7, 11) is 1.78. The van der Waals surface area contributed by atoms with Gasteiger partial charge in [-0.2, -0.15) is 0 Å². The number of hydrogen-bond acceptors (Lipinski definition) is 3. The molecular weight excluding hydrogens is 265 g/mol. The van der Waals surface area contributed by atoms with E-state index in [-0.39, 0.29) is 5.82 Å². The van der Waals surface area contributed by atoms with E-state index in [2.05, 4.69) is 28.3 Å². The molecule has 0 atom stereocenters. The molecule has 3 rings (SSSR count). The Morgan fingerprint density at radius 1 is 1.00 bits per heavy atom. The Balaban J connectivity index is 2.26. The third kappa shape index (κ3) is 2.44. The molecule has 106 valence electrons. The molecule has 0 aliphatic carbocycles. The number of hydrogen-bond donors (Lipinski definition) is 1. The van der Waals surface area contributed by atoms with Crippen molar-refractivity contribution < 1.29 is 4.39 Å². The fourth-order valence-corrected chi connectivity index (χ4v) is 2.48. The number of halogens is 1. The topological polar surface area (TPSA) is 37.8 Å². The van der Waals surface area contributed by atoms with Gasteiger partial charge in [0.2, 0.25) is 0 Å². The molecule has 3 aromatic rings. The Labute approximate surface area is 122 Å². The van der Waals surface area contributed by atoms with Gasteiger partial charge in [-0.15, -0.1) is 0 Å². The molecule has 0 bridgehead atoms. The Morgan fingerprint density at radius 3 is 2.52 bits per heavy atom. The van der Waals surface area contributed by atoms with Crippen LogP contribution in [0.3, 0.4) is 0 Å². The number of aromatic nitrogens is 2. The molecular formula is C17H16FN3. The van der Waals surface area contributed by atoms with Crippen molar-refractivity contribution in [1.82, 2.24) is 9.97 Å². The van der Waals surface area contributed by atoms with Gasteiger partial charge >= 0.3 is 0 Å². The van der Waals surface area contributed by atoms with Crippen molar-refractivity contribution in [3.05, 3.63) is 53.3 Å². The summed E-state index contributed by atoms with van der Waals surface area (Å²) >= 11 is 0. The second-order valence-corrected chi connectivity index (χ2v) is 5.13. The smallest absolute Gasteiger partial charge is 0.162 e. The zero-order valence-electron chi connectivity index (χ0n) is 12.2. The van der Waals surface area contributed by atoms with Crippen LogP contribution in [0.4, 0.5) is 10.2 Å². The van der Waals surface area contributed by atoms with Gasteiger partial charge in [-0.1, -0.05) is 23.8 Å². The maximum Gasteiger partial charge on any atom is 0.162 e. The van der Waals surface area contributed by atoms with Crippen molar-refractivity contribution in [3.8, 4) is 11.4 Å². The van der Waals surface area contributed by atoms with E-state index in [0.29, 0.717) is 17.0 Å². The SMILES string of the molecule is CNc1nc(-c2ccc(C)cc2C)nc2ccc(F)cc12. The molecule has 0 spiro atoms. The first-order valence-corrected chi connectivity index (χ1v) is 6.81. The van der Waals surface area contributed by atoms with Crippen LogP contribution < -0.4 is 5.32 Å². The molecule has 0 radical (unpaired) electrons. The van der Waals surface area contributed by atoms with Gasteiger partial charge in [-0.05, 0) is 37.6 Å². The number of nitrogens with zero attached hydrogens (tertiary/aromatic N) is 2. The van der Waals surface area contributed by atoms with Crippen molar-refractivity contribution in [3.63, 3.8) is 0 Å². The van der Waals surface area contributed by atoms with Gasteiger partial charge in [-0.3, -0.25) is 0 Å². The largest absolute Gasteiger partial charge is 0.373 e. The van der Waals surface area contributed by atoms with Crippen LogP contribution in [0.5, 0.6) is 0 Å². The fraction of sp³-hybridized carbons (Fsp3) is 0.176. The van der Waals surface area contributed by atoms with Gasteiger partial charge in [0.25, 0.3) is 0 Å². The number of aryl methyl sites for hydroxylation is 2. The Hall–Kier alpha value is -2.49. The van der Waals surface area contributed by atoms with Crippen molar-refractivity contribution in [2.24, 2.45) is 0 Å². The molecule has 1 N–H and O–H groups in total. The van der Waals surface area contributed by atoms with E-state index in [1.807, 2.05) is 19.1 Å². The first-order chi connectivity index (χ1) is 10.1. The van der Waals surface area contributed by atoms with E-state index in [0.717, 1.165) is 16.6 Å². The summed E-state index contributed by atoms with van der Waals surface area (Å²) in [5.41, 5.74) is 4.04. The third-order valence-electron chi connectivity index (χ3n) is 3.52. The summed E-state index contributed by atoms with van der Waals surface area (Å²) < 4.78 is 13.4. The van der Waals surface area contributed by atoms with Crippen LogP contribution >= 0.6 is 0 Å². The Kier molecular flexibility index (Phi) is 3.29. The fourth-order valence-electron chi connectivity index (χ4n) is 2.48. The first kappa shape index (κ1) is 13.5. The summed E-state index contributed by atoms with van der Waals surface area (Å²) in [6.45, 7) is 4.10. The molecule has 0 aliphatic heterocycles. The summed E-state index contributed by atoms with van der Waals surface area (Å²) in [6, 6.07) is 10.7. The highest BCUT2D eigenvalue weighted by atomic mass is 19.1. The molecule has 1 aromatic heterocycles. The summed E-state index contributed by atoms with van der Waals surface area (Å²) in [6.07, 6.45) is 0. The molecule has 0 saturated carbocycles. The van der Waals surface area contributed by atoms with Gasteiger partial charge in [-0.25, -0.2) is 14.4 Å². The van der Waals surface area contributed by atoms with Crippen molar-refractivity contribution in [1.29, 1.82) is 0 Å². The van der Waals surface area contributed by atoms with E-state index >= 15 is 0 Å². The van der Waals surface area contributed by atoms with Gasteiger partial charge in [0.05, 0.1) is 5.52 Å². The predicted octanol–water partition coefficient (Wildman–Crippen LogP) is 4.09. The molecule has 0 saturated heterocycles. The van der Waals surface area contributed by atoms with Crippen molar-refractivity contribution >= 4 is 16.7 Å². The van der Waals surface area contributed by atoms with E-state index < -0.39 is 0 Å². The van der Waals surface area contributed by atoms with E-state index in [1.165, 1.54) is 17.7 Å². The van der Waals surface area contributed by atoms with Crippen LogP contribution in [0.2, 0.25) is 0 Å². The minimum absolute atomic E-state index is 0.290. The maximum absolute atomic E-state index is 13.4. The zero-order valence-corrected chi connectivity index (χ0v) is 12.2. The lowest BCUT2D eigenvalue weighted by molar-refractivity contribution is 0.629. The molecule has 0 aliphatic rings. The predicted molar refractivity (Wildman–Crippen MR) is 84.0 cm³/mol. The standard InChI is InChI=1S/C17H16FN3/c1-10-4-6-13(11(2)8-10)17-20-15-7-5-12(18)9-14(15)16(19-3)21-17/h4-9H,1-3H3,(H,19,20,21). The summed E-state index contributed by atoms with van der Waals surface area (Å²) in [4.78, 5) is 9.10. The lowest BCUT2D eigenvalue weighted by atomic mass is 10.0. The summed E-state index contributed by atoms with van der Waals surface area (Å²) in [5, 5.41) is 3.71. The molecule has 3 nitrogen and oxygen atoms in total. The van der Waals surface area contributed by atoms with E-state index in [4.69, 9.17) is 0 Å². The number of benzene rings is 2. The monoisotopic (exact) mass is 281 g/mol. The summed E-state index contributed by atoms with van der Waals surface area (Å²) in [5.74, 6) is 0.993. The Bertz CT molecular complexity index is 828. The van der Waals surface area contributed by atoms with Crippen LogP contribution in [0.1, 0.15) is 11.1 Å². The second-order valence-electron chi connectivity index (χ2n) is 5.13. The number of fused-ring (bicyclic) bond motifs is 1. The van der Waals surface area contributed by atoms with Crippen LogP contribution in [-0.2, 0) is 0 Å². The Morgan fingerprint density at radius 2 is 1.81 bits per heavy atom. The lowest BCUT2D eigenvalue weighted by Gasteiger charge is -2.10. The van der Waals surface area contributed by atoms with Crippen LogP contribution in [0.15, 0.2) is 36.4 Å². The number of anilines is 1. The quantitative estimate of drug-likeness (QED) is 0.768. The van der Waals surface area contributed by atoms with Crippen molar-refractivity contribution in [2.75, 3.05) is 12.4 Å². The maximum atomic E-state index is 13.4. The van der Waals surface area contributed by atoms with Gasteiger partial charge < -0.3 is 5.32 Å². The molecule has 0 amide bonds. The third-order valence-corrected chi connectivity index (χ3v) is 3.52. The van der Waals surface area contributed by atoms with Crippen molar-refractivity contribution in [2.45, 2.75) is 13.8 Å². The molecule has 4 heteroatoms. The van der Waals surface area contributed by atoms with E-state index in [9.17, 15) is 4.39 Å². The van der Waals surface area contributed by atoms with Crippen LogP contribution in [0.25, 0.3) is 22.3 Å². The highest BCUT2D eigenvalue weighted by Crippen LogP contribution is 2.27. The molecule has 0 fully saturated rings. The lowest BCUT2D eigenvalue weighted by Crippen LogP contribution is -2.00. The zero-order chi connectivity index (χ0) is 15.0. The average molecular weight is 281 g/mol. The molecule has 21 heavy (non-hydrogen) atoms. The first-order valence-electron chi connectivity index (χ1n) is 6.81. The van der Waals surface area contributed by atoms with Crippen LogP contribution in [0, 0.1) is 19.7 Å². The molecule has 0 unspecified atom stereocenters. The normalized spacial score (nSPS) is 10.9. The highest BCUT2D eigenvalue weighted by molar-refractivity contribution is 5.90. The second kappa shape index (κ2) is 5.13. The molecule has 2 aromatic carbocycles. The number of rotatable bonds is 2.